The summed E-state index contributed by atoms with van der Waals surface area (Å²) in [5.41, 5.74) is 0.701. The highest BCUT2D eigenvalue weighted by Crippen LogP contribution is 2.40. The third-order valence-corrected chi connectivity index (χ3v) is 5.57. The van der Waals surface area contributed by atoms with E-state index < -0.39 is 17.5 Å². The van der Waals surface area contributed by atoms with Gasteiger partial charge in [-0.3, -0.25) is 4.79 Å². The summed E-state index contributed by atoms with van der Waals surface area (Å²) in [5.74, 6) is 0.309. The molecule has 1 aromatic heterocycles. The zero-order chi connectivity index (χ0) is 18.1. The number of carboxylic acid groups (broad SMARTS) is 1. The first-order valence-electron chi connectivity index (χ1n) is 9.11. The third-order valence-electron chi connectivity index (χ3n) is 5.57. The number of hydrogen-bond acceptors (Lipinski definition) is 5. The van der Waals surface area contributed by atoms with Gasteiger partial charge in [-0.1, -0.05) is 30.3 Å². The van der Waals surface area contributed by atoms with Crippen LogP contribution in [0.5, 0.6) is 0 Å². The molecule has 1 saturated heterocycles. The second-order valence-corrected chi connectivity index (χ2v) is 7.43. The van der Waals surface area contributed by atoms with Crippen molar-refractivity contribution in [3.8, 4) is 0 Å². The van der Waals surface area contributed by atoms with Gasteiger partial charge in [0.25, 0.3) is 0 Å². The maximum absolute atomic E-state index is 12.2. The molecule has 0 radical (unpaired) electrons. The number of anilines is 1. The highest BCUT2D eigenvalue weighted by molar-refractivity contribution is 5.77. The van der Waals surface area contributed by atoms with Crippen molar-refractivity contribution in [2.75, 3.05) is 18.0 Å². The Hall–Kier alpha value is -2.47. The summed E-state index contributed by atoms with van der Waals surface area (Å²) in [6.45, 7) is 0.825. The van der Waals surface area contributed by atoms with Gasteiger partial charge >= 0.3 is 5.97 Å². The van der Waals surface area contributed by atoms with Crippen molar-refractivity contribution in [1.82, 2.24) is 9.97 Å². The molecule has 1 saturated carbocycles. The van der Waals surface area contributed by atoms with E-state index in [9.17, 15) is 15.0 Å². The minimum absolute atomic E-state index is 0.236. The molecule has 2 atom stereocenters. The number of hydrogen-bond donors (Lipinski definition) is 2. The summed E-state index contributed by atoms with van der Waals surface area (Å²) in [4.78, 5) is 22.9. The van der Waals surface area contributed by atoms with Crippen LogP contribution in [0.15, 0.2) is 42.7 Å². The second-order valence-electron chi connectivity index (χ2n) is 7.43. The number of aliphatic hydroxyl groups excluding tert-OH is 1. The summed E-state index contributed by atoms with van der Waals surface area (Å²) >= 11 is 0. The Morgan fingerprint density at radius 1 is 1.19 bits per heavy atom. The molecule has 0 unspecified atom stereocenters. The molecule has 136 valence electrons. The normalized spacial score (nSPS) is 25.9. The monoisotopic (exact) mass is 353 g/mol. The van der Waals surface area contributed by atoms with Crippen LogP contribution >= 0.6 is 0 Å². The average molecular weight is 353 g/mol. The Labute approximate surface area is 152 Å². The Morgan fingerprint density at radius 3 is 2.65 bits per heavy atom. The summed E-state index contributed by atoms with van der Waals surface area (Å²) < 4.78 is 0. The van der Waals surface area contributed by atoms with Crippen LogP contribution < -0.4 is 4.90 Å². The molecule has 0 spiro atoms. The van der Waals surface area contributed by atoms with E-state index in [0.29, 0.717) is 25.3 Å². The topological polar surface area (TPSA) is 86.5 Å². The van der Waals surface area contributed by atoms with Crippen molar-refractivity contribution in [2.24, 2.45) is 5.41 Å². The van der Waals surface area contributed by atoms with Crippen molar-refractivity contribution in [3.63, 3.8) is 0 Å². The number of carbonyl (C=O) groups is 1. The molecule has 6 nitrogen and oxygen atoms in total. The molecule has 0 amide bonds. The second kappa shape index (κ2) is 6.68. The number of aliphatic carboxylic acids is 1. The minimum Gasteiger partial charge on any atom is -0.481 e. The molecule has 26 heavy (non-hydrogen) atoms. The van der Waals surface area contributed by atoms with Gasteiger partial charge in [-0.15, -0.1) is 0 Å². The van der Waals surface area contributed by atoms with E-state index in [1.54, 1.807) is 6.33 Å². The highest BCUT2D eigenvalue weighted by atomic mass is 16.4. The van der Waals surface area contributed by atoms with Crippen molar-refractivity contribution in [2.45, 2.75) is 37.7 Å². The first kappa shape index (κ1) is 17.0. The van der Waals surface area contributed by atoms with E-state index in [1.165, 1.54) is 0 Å². The summed E-state index contributed by atoms with van der Waals surface area (Å²) in [6, 6.07) is 11.5. The van der Waals surface area contributed by atoms with E-state index >= 15 is 0 Å². The van der Waals surface area contributed by atoms with Crippen molar-refractivity contribution < 1.29 is 15.0 Å². The van der Waals surface area contributed by atoms with Crippen LogP contribution in [0, 0.1) is 5.41 Å². The van der Waals surface area contributed by atoms with E-state index in [1.807, 2.05) is 41.3 Å². The van der Waals surface area contributed by atoms with Gasteiger partial charge in [0.2, 0.25) is 0 Å². The molecule has 2 fully saturated rings. The van der Waals surface area contributed by atoms with E-state index in [-0.39, 0.29) is 6.54 Å². The number of rotatable bonds is 5. The fraction of sp³-hybridized carbons (Fsp3) is 0.450. The summed E-state index contributed by atoms with van der Waals surface area (Å²) in [5, 5.41) is 20.6. The number of piperidine rings is 1. The largest absolute Gasteiger partial charge is 0.481 e. The van der Waals surface area contributed by atoms with Crippen molar-refractivity contribution in [1.29, 1.82) is 0 Å². The lowest BCUT2D eigenvalue weighted by molar-refractivity contribution is -0.157. The standard InChI is InChI=1S/C20H23N3O3/c24-17-8-9-23(18-10-16(15-6-7-15)21-13-22-18)12-20(17,19(25)26)11-14-4-2-1-3-5-14/h1-5,10,13,15,17,24H,6-9,11-12H2,(H,25,26)/t17-,20-/m1/s1. The molecule has 2 N–H and O–H groups in total. The van der Waals surface area contributed by atoms with Crippen LogP contribution in [0.25, 0.3) is 0 Å². The van der Waals surface area contributed by atoms with Crippen LogP contribution in [0.1, 0.15) is 36.4 Å². The molecule has 2 aromatic rings. The number of aromatic nitrogens is 2. The van der Waals surface area contributed by atoms with Crippen LogP contribution in [0.2, 0.25) is 0 Å². The molecule has 0 bridgehead atoms. The van der Waals surface area contributed by atoms with Gasteiger partial charge < -0.3 is 15.1 Å². The highest BCUT2D eigenvalue weighted by Gasteiger charge is 2.49. The molecular weight excluding hydrogens is 330 g/mol. The molecule has 2 aliphatic rings. The van der Waals surface area contributed by atoms with Gasteiger partial charge in [0.05, 0.1) is 6.10 Å². The molecule has 1 aliphatic carbocycles. The molecule has 6 heteroatoms. The molecule has 2 heterocycles. The van der Waals surface area contributed by atoms with Crippen molar-refractivity contribution >= 4 is 11.8 Å². The Morgan fingerprint density at radius 2 is 1.96 bits per heavy atom. The van der Waals surface area contributed by atoms with Gasteiger partial charge in [-0.05, 0) is 31.2 Å². The fourth-order valence-corrected chi connectivity index (χ4v) is 3.83. The van der Waals surface area contributed by atoms with Crippen LogP contribution in [-0.2, 0) is 11.2 Å². The average Bonchev–Trinajstić information content (AvgIpc) is 3.50. The lowest BCUT2D eigenvalue weighted by Crippen LogP contribution is -2.57. The SMILES string of the molecule is O=C(O)[C@]1(Cc2ccccc2)CN(c2cc(C3CC3)ncn2)CC[C@H]1O. The summed E-state index contributed by atoms with van der Waals surface area (Å²) in [7, 11) is 0. The Bertz CT molecular complexity index is 794. The first-order valence-corrected chi connectivity index (χ1v) is 9.11. The summed E-state index contributed by atoms with van der Waals surface area (Å²) in [6.07, 6.45) is 3.68. The lowest BCUT2D eigenvalue weighted by Gasteiger charge is -2.44. The quantitative estimate of drug-likeness (QED) is 0.857. The first-order chi connectivity index (χ1) is 12.6. The molecule has 1 aliphatic heterocycles. The van der Waals surface area contributed by atoms with Crippen LogP contribution in [-0.4, -0.2) is 45.3 Å². The smallest absolute Gasteiger partial charge is 0.314 e. The molecule has 1 aromatic carbocycles. The lowest BCUT2D eigenvalue weighted by atomic mass is 9.73. The minimum atomic E-state index is -1.25. The van der Waals surface area contributed by atoms with Gasteiger partial charge in [-0.25, -0.2) is 9.97 Å². The molecule has 4 rings (SSSR count). The van der Waals surface area contributed by atoms with Crippen LogP contribution in [0.4, 0.5) is 5.82 Å². The van der Waals surface area contributed by atoms with E-state index in [2.05, 4.69) is 9.97 Å². The predicted octanol–water partition coefficient (Wildman–Crippen LogP) is 2.24. The van der Waals surface area contributed by atoms with Gasteiger partial charge in [0.15, 0.2) is 0 Å². The van der Waals surface area contributed by atoms with E-state index in [4.69, 9.17) is 0 Å². The maximum atomic E-state index is 12.2. The zero-order valence-corrected chi connectivity index (χ0v) is 14.6. The van der Waals surface area contributed by atoms with Crippen LogP contribution in [0.3, 0.4) is 0 Å². The van der Waals surface area contributed by atoms with E-state index in [0.717, 1.165) is 29.9 Å². The van der Waals surface area contributed by atoms with Crippen molar-refractivity contribution in [3.05, 3.63) is 54.0 Å². The number of benzene rings is 1. The molecular formula is C20H23N3O3. The maximum Gasteiger partial charge on any atom is 0.314 e. The third kappa shape index (κ3) is 3.17. The van der Waals surface area contributed by atoms with Gasteiger partial charge in [-0.2, -0.15) is 0 Å². The van der Waals surface area contributed by atoms with Gasteiger partial charge in [0.1, 0.15) is 17.6 Å². The number of carboxylic acids is 1. The fourth-order valence-electron chi connectivity index (χ4n) is 3.83. The predicted molar refractivity (Wildman–Crippen MR) is 97.1 cm³/mol. The number of nitrogens with zero attached hydrogens (tertiary/aromatic N) is 3. The zero-order valence-electron chi connectivity index (χ0n) is 14.6. The Balaban J connectivity index is 1.63. The Kier molecular flexibility index (Phi) is 4.36. The van der Waals surface area contributed by atoms with Gasteiger partial charge in [0, 0.05) is 30.8 Å². The number of aliphatic hydroxyl groups is 1.